The summed E-state index contributed by atoms with van der Waals surface area (Å²) < 4.78 is 7.81. The van der Waals surface area contributed by atoms with Crippen LogP contribution in [0.4, 0.5) is 0 Å². The zero-order valence-electron chi connectivity index (χ0n) is 8.39. The van der Waals surface area contributed by atoms with Gasteiger partial charge in [-0.3, -0.25) is 0 Å². The Bertz CT molecular complexity index is 332. The van der Waals surface area contributed by atoms with Gasteiger partial charge in [0.05, 0.1) is 6.10 Å². The second-order valence-electron chi connectivity index (χ2n) is 4.30. The van der Waals surface area contributed by atoms with Crippen molar-refractivity contribution >= 4 is 0 Å². The lowest BCUT2D eigenvalue weighted by molar-refractivity contribution is 0.116. The van der Waals surface area contributed by atoms with E-state index in [2.05, 4.69) is 21.7 Å². The van der Waals surface area contributed by atoms with E-state index in [0.29, 0.717) is 18.1 Å². The van der Waals surface area contributed by atoms with Gasteiger partial charge in [0.15, 0.2) is 0 Å². The predicted octanol–water partition coefficient (Wildman–Crippen LogP) is 1.51. The molecule has 3 rings (SSSR count). The molecule has 4 nitrogen and oxygen atoms in total. The first-order valence-electron chi connectivity index (χ1n) is 5.37. The van der Waals surface area contributed by atoms with Crippen LogP contribution >= 0.6 is 0 Å². The third-order valence-corrected chi connectivity index (χ3v) is 3.25. The molecule has 0 radical (unpaired) electrons. The van der Waals surface area contributed by atoms with Crippen LogP contribution in [-0.2, 0) is 4.74 Å². The third kappa shape index (κ3) is 1.25. The number of aromatic nitrogens is 3. The number of rotatable bonds is 2. The lowest BCUT2D eigenvalue weighted by Crippen LogP contribution is -2.14. The van der Waals surface area contributed by atoms with Crippen molar-refractivity contribution in [2.75, 3.05) is 6.61 Å². The lowest BCUT2D eigenvalue weighted by Gasteiger charge is -2.14. The topological polar surface area (TPSA) is 39.9 Å². The van der Waals surface area contributed by atoms with Crippen LogP contribution < -0.4 is 0 Å². The standard InChI is InChI=1S/C10H15N3O/c1-7-9(4-5-14-7)10-12-11-6-13(10)8-2-3-8/h6-9H,2-5H2,1H3. The Morgan fingerprint density at radius 1 is 1.43 bits per heavy atom. The third-order valence-electron chi connectivity index (χ3n) is 3.25. The molecule has 1 saturated carbocycles. The van der Waals surface area contributed by atoms with Crippen molar-refractivity contribution in [2.24, 2.45) is 0 Å². The first kappa shape index (κ1) is 8.41. The van der Waals surface area contributed by atoms with Gasteiger partial charge in [0.1, 0.15) is 12.2 Å². The van der Waals surface area contributed by atoms with E-state index in [4.69, 9.17) is 4.74 Å². The molecular formula is C10H15N3O. The van der Waals surface area contributed by atoms with Crippen molar-refractivity contribution in [1.82, 2.24) is 14.8 Å². The van der Waals surface area contributed by atoms with Crippen molar-refractivity contribution < 1.29 is 4.74 Å². The molecule has 0 aromatic carbocycles. The SMILES string of the molecule is CC1OCCC1c1nncn1C1CC1. The van der Waals surface area contributed by atoms with Crippen molar-refractivity contribution in [3.63, 3.8) is 0 Å². The van der Waals surface area contributed by atoms with Gasteiger partial charge in [-0.2, -0.15) is 0 Å². The highest BCUT2D eigenvalue weighted by Crippen LogP contribution is 2.39. The van der Waals surface area contributed by atoms with Crippen LogP contribution in [0.25, 0.3) is 0 Å². The van der Waals surface area contributed by atoms with Crippen LogP contribution in [0.15, 0.2) is 6.33 Å². The minimum absolute atomic E-state index is 0.302. The van der Waals surface area contributed by atoms with Gasteiger partial charge in [0, 0.05) is 18.6 Å². The fraction of sp³-hybridized carbons (Fsp3) is 0.800. The molecule has 76 valence electrons. The predicted molar refractivity (Wildman–Crippen MR) is 51.1 cm³/mol. The van der Waals surface area contributed by atoms with E-state index in [1.165, 1.54) is 12.8 Å². The molecule has 1 aliphatic carbocycles. The van der Waals surface area contributed by atoms with E-state index >= 15 is 0 Å². The average molecular weight is 193 g/mol. The summed E-state index contributed by atoms with van der Waals surface area (Å²) in [4.78, 5) is 0. The molecule has 0 spiro atoms. The Morgan fingerprint density at radius 2 is 2.29 bits per heavy atom. The number of hydrogen-bond donors (Lipinski definition) is 0. The van der Waals surface area contributed by atoms with E-state index in [-0.39, 0.29) is 0 Å². The zero-order chi connectivity index (χ0) is 9.54. The van der Waals surface area contributed by atoms with Gasteiger partial charge in [-0.25, -0.2) is 0 Å². The molecule has 2 heterocycles. The van der Waals surface area contributed by atoms with Crippen molar-refractivity contribution in [3.05, 3.63) is 12.2 Å². The number of ether oxygens (including phenoxy) is 1. The van der Waals surface area contributed by atoms with Crippen LogP contribution in [0.2, 0.25) is 0 Å². The molecule has 2 unspecified atom stereocenters. The maximum absolute atomic E-state index is 5.56. The summed E-state index contributed by atoms with van der Waals surface area (Å²) in [7, 11) is 0. The highest BCUT2D eigenvalue weighted by molar-refractivity contribution is 5.05. The number of hydrogen-bond acceptors (Lipinski definition) is 3. The van der Waals surface area contributed by atoms with Gasteiger partial charge < -0.3 is 9.30 Å². The Morgan fingerprint density at radius 3 is 2.93 bits per heavy atom. The van der Waals surface area contributed by atoms with Gasteiger partial charge in [-0.15, -0.1) is 10.2 Å². The van der Waals surface area contributed by atoms with Gasteiger partial charge in [-0.05, 0) is 26.2 Å². The van der Waals surface area contributed by atoms with E-state index in [0.717, 1.165) is 18.9 Å². The van der Waals surface area contributed by atoms with Crippen molar-refractivity contribution in [2.45, 2.75) is 44.2 Å². The van der Waals surface area contributed by atoms with Gasteiger partial charge >= 0.3 is 0 Å². The molecular weight excluding hydrogens is 178 g/mol. The van der Waals surface area contributed by atoms with Crippen LogP contribution in [0, 0.1) is 0 Å². The maximum Gasteiger partial charge on any atom is 0.138 e. The Balaban J connectivity index is 1.90. The van der Waals surface area contributed by atoms with E-state index in [1.807, 2.05) is 6.33 Å². The van der Waals surface area contributed by atoms with Gasteiger partial charge in [-0.1, -0.05) is 0 Å². The monoisotopic (exact) mass is 193 g/mol. The molecule has 1 aromatic rings. The lowest BCUT2D eigenvalue weighted by atomic mass is 10.0. The fourth-order valence-corrected chi connectivity index (χ4v) is 2.22. The summed E-state index contributed by atoms with van der Waals surface area (Å²) in [6, 6.07) is 0.674. The maximum atomic E-state index is 5.56. The fourth-order valence-electron chi connectivity index (χ4n) is 2.22. The first-order chi connectivity index (χ1) is 6.86. The second-order valence-corrected chi connectivity index (χ2v) is 4.30. The summed E-state index contributed by atoms with van der Waals surface area (Å²) in [5.74, 6) is 1.59. The largest absolute Gasteiger partial charge is 0.378 e. The molecule has 14 heavy (non-hydrogen) atoms. The molecule has 2 atom stereocenters. The van der Waals surface area contributed by atoms with E-state index in [1.54, 1.807) is 0 Å². The summed E-state index contributed by atoms with van der Waals surface area (Å²) in [6.45, 7) is 2.99. The summed E-state index contributed by atoms with van der Waals surface area (Å²) in [6.07, 6.45) is 5.83. The molecule has 0 amide bonds. The van der Waals surface area contributed by atoms with Crippen LogP contribution in [0.1, 0.15) is 44.0 Å². The van der Waals surface area contributed by atoms with Crippen molar-refractivity contribution in [3.8, 4) is 0 Å². The molecule has 2 aliphatic rings. The Kier molecular flexibility index (Phi) is 1.83. The number of nitrogens with zero attached hydrogens (tertiary/aromatic N) is 3. The van der Waals surface area contributed by atoms with Gasteiger partial charge in [0.25, 0.3) is 0 Å². The van der Waals surface area contributed by atoms with Crippen molar-refractivity contribution in [1.29, 1.82) is 0 Å². The molecule has 0 bridgehead atoms. The van der Waals surface area contributed by atoms with Crippen LogP contribution in [-0.4, -0.2) is 27.5 Å². The Hall–Kier alpha value is -0.900. The smallest absolute Gasteiger partial charge is 0.138 e. The van der Waals surface area contributed by atoms with Gasteiger partial charge in [0.2, 0.25) is 0 Å². The minimum Gasteiger partial charge on any atom is -0.378 e. The molecule has 1 aliphatic heterocycles. The van der Waals surface area contributed by atoms with Crippen LogP contribution in [0.3, 0.4) is 0 Å². The molecule has 2 fully saturated rings. The summed E-state index contributed by atoms with van der Waals surface area (Å²) in [5, 5.41) is 8.26. The highest BCUT2D eigenvalue weighted by atomic mass is 16.5. The Labute approximate surface area is 83.3 Å². The quantitative estimate of drug-likeness (QED) is 0.714. The van der Waals surface area contributed by atoms with Crippen LogP contribution in [0.5, 0.6) is 0 Å². The first-order valence-corrected chi connectivity index (χ1v) is 5.37. The van der Waals surface area contributed by atoms with E-state index in [9.17, 15) is 0 Å². The second kappa shape index (κ2) is 3.05. The summed E-state index contributed by atoms with van der Waals surface area (Å²) in [5.41, 5.74) is 0. The normalized spacial score (nSPS) is 32.4. The molecule has 1 aromatic heterocycles. The molecule has 0 N–H and O–H groups in total. The zero-order valence-corrected chi connectivity index (χ0v) is 8.39. The van der Waals surface area contributed by atoms with E-state index < -0.39 is 0 Å². The molecule has 4 heteroatoms. The highest BCUT2D eigenvalue weighted by Gasteiger charge is 2.34. The minimum atomic E-state index is 0.302. The average Bonchev–Trinajstić information content (AvgIpc) is 2.75. The summed E-state index contributed by atoms with van der Waals surface area (Å²) >= 11 is 0. The molecule has 1 saturated heterocycles.